The molecular weight excluding hydrogens is 620 g/mol. The van der Waals surface area contributed by atoms with Gasteiger partial charge in [-0.15, -0.1) is 0 Å². The van der Waals surface area contributed by atoms with Gasteiger partial charge in [-0.3, -0.25) is 4.79 Å². The van der Waals surface area contributed by atoms with E-state index in [4.69, 9.17) is 0 Å². The Kier molecular flexibility index (Phi) is 6.91. The van der Waals surface area contributed by atoms with Crippen LogP contribution in [-0.2, 0) is 9.59 Å². The Morgan fingerprint density at radius 1 is 0.680 bits per heavy atom. The molecule has 3 heterocycles. The van der Waals surface area contributed by atoms with Crippen molar-refractivity contribution in [2.45, 2.75) is 12.8 Å². The third kappa shape index (κ3) is 4.70. The van der Waals surface area contributed by atoms with Gasteiger partial charge in [-0.25, -0.2) is 4.79 Å². The van der Waals surface area contributed by atoms with Crippen molar-refractivity contribution in [1.82, 2.24) is 14.1 Å². The number of para-hydroxylation sites is 3. The Hall–Kier alpha value is -6.73. The van der Waals surface area contributed by atoms with Crippen LogP contribution in [0.1, 0.15) is 18.4 Å². The third-order valence-corrected chi connectivity index (χ3v) is 9.49. The number of rotatable bonds is 6. The topological polar surface area (TPSA) is 79.8 Å². The Morgan fingerprint density at radius 3 is 1.80 bits per heavy atom. The molecule has 0 bridgehead atoms. The van der Waals surface area contributed by atoms with E-state index in [9.17, 15) is 14.7 Å². The van der Waals surface area contributed by atoms with Gasteiger partial charge in [0, 0.05) is 32.9 Å². The molecule has 0 radical (unpaired) electrons. The fraction of sp³-hybridized carbons (Fsp3) is 0.0465. The third-order valence-electron chi connectivity index (χ3n) is 9.49. The summed E-state index contributed by atoms with van der Waals surface area (Å²) in [6.07, 6.45) is 12.4. The minimum Gasteiger partial charge on any atom is -0.476 e. The number of carboxylic acids is 1. The molecule has 5 aromatic carbocycles. The Bertz CT molecular complexity index is 2650. The van der Waals surface area contributed by atoms with E-state index >= 15 is 0 Å². The number of fused-ring (bicyclic) bond motifs is 6. The molecule has 2 aliphatic rings. The maximum atomic E-state index is 13.2. The van der Waals surface area contributed by atoms with Gasteiger partial charge in [0.15, 0.2) is 5.71 Å². The van der Waals surface area contributed by atoms with E-state index in [0.717, 1.165) is 51.6 Å². The maximum absolute atomic E-state index is 13.2. The smallest absolute Gasteiger partial charge is 0.357 e. The van der Waals surface area contributed by atoms with Crippen LogP contribution in [0.3, 0.4) is 0 Å². The number of aromatic nitrogens is 2. The summed E-state index contributed by atoms with van der Waals surface area (Å²) in [5.41, 5.74) is 7.98. The molecule has 0 fully saturated rings. The summed E-state index contributed by atoms with van der Waals surface area (Å²) < 4.78 is 4.60. The molecule has 9 rings (SSSR count). The number of benzene rings is 5. The lowest BCUT2D eigenvalue weighted by Gasteiger charge is -2.14. The zero-order chi connectivity index (χ0) is 33.8. The Balaban J connectivity index is 1.07. The van der Waals surface area contributed by atoms with E-state index in [1.807, 2.05) is 30.4 Å². The van der Waals surface area contributed by atoms with Crippen LogP contribution in [0, 0.1) is 0 Å². The second-order valence-electron chi connectivity index (χ2n) is 12.4. The number of allylic oxidation sites excluding steroid dienone is 5. The first kappa shape index (κ1) is 29.4. The molecule has 7 aromatic rings. The van der Waals surface area contributed by atoms with Gasteiger partial charge in [0.25, 0.3) is 5.91 Å². The second kappa shape index (κ2) is 11.8. The molecule has 0 saturated carbocycles. The zero-order valence-corrected chi connectivity index (χ0v) is 26.9. The zero-order valence-electron chi connectivity index (χ0n) is 26.9. The highest BCUT2D eigenvalue weighted by molar-refractivity contribution is 6.50. The van der Waals surface area contributed by atoms with E-state index in [-0.39, 0.29) is 11.3 Å². The number of aliphatic carboxylic acids is 1. The highest BCUT2D eigenvalue weighted by Gasteiger charge is 2.35. The average molecular weight is 651 g/mol. The molecule has 1 aliphatic heterocycles. The van der Waals surface area contributed by atoms with Crippen molar-refractivity contribution in [1.29, 1.82) is 0 Å². The van der Waals surface area contributed by atoms with Crippen molar-refractivity contribution >= 4 is 67.3 Å². The number of hydrazone groups is 1. The lowest BCUT2D eigenvalue weighted by Crippen LogP contribution is -2.22. The fourth-order valence-corrected chi connectivity index (χ4v) is 7.23. The first-order chi connectivity index (χ1) is 24.6. The summed E-state index contributed by atoms with van der Waals surface area (Å²) in [7, 11) is 0. The highest BCUT2D eigenvalue weighted by Crippen LogP contribution is 2.35. The van der Waals surface area contributed by atoms with Crippen LogP contribution in [-0.4, -0.2) is 36.8 Å². The van der Waals surface area contributed by atoms with Crippen LogP contribution in [0.25, 0.3) is 61.1 Å². The van der Waals surface area contributed by atoms with E-state index in [1.165, 1.54) is 32.9 Å². The molecule has 7 heteroatoms. The summed E-state index contributed by atoms with van der Waals surface area (Å²) in [6, 6.07) is 40.4. The van der Waals surface area contributed by atoms with Crippen molar-refractivity contribution in [3.63, 3.8) is 0 Å². The van der Waals surface area contributed by atoms with Gasteiger partial charge in [0.2, 0.25) is 0 Å². The van der Waals surface area contributed by atoms with Crippen molar-refractivity contribution in [3.8, 4) is 11.4 Å². The lowest BCUT2D eigenvalue weighted by molar-refractivity contribution is -0.129. The summed E-state index contributed by atoms with van der Waals surface area (Å²) in [4.78, 5) is 25.2. The highest BCUT2D eigenvalue weighted by atomic mass is 16.4. The number of carboxylic acid groups (broad SMARTS) is 1. The molecule has 0 atom stereocenters. The number of hydrogen-bond acceptors (Lipinski definition) is 3. The van der Waals surface area contributed by atoms with Gasteiger partial charge in [0.05, 0.1) is 33.3 Å². The molecule has 1 amide bonds. The van der Waals surface area contributed by atoms with Gasteiger partial charge in [-0.1, -0.05) is 85.0 Å². The summed E-state index contributed by atoms with van der Waals surface area (Å²) in [6.45, 7) is 0. The molecule has 0 saturated heterocycles. The number of carbonyl (C=O) groups is 2. The maximum Gasteiger partial charge on any atom is 0.357 e. The largest absolute Gasteiger partial charge is 0.476 e. The quantitative estimate of drug-likeness (QED) is 0.182. The van der Waals surface area contributed by atoms with E-state index in [2.05, 4.69) is 117 Å². The SMILES string of the molecule is O=C(O)C1=NN(C2=CCCC=C2)C(=O)/C1=C\C=C\c1ccc2c(c1)c1ccccc1n2-c1ccc(-n2c3ccccc3c3ccccc32)cc1. The van der Waals surface area contributed by atoms with Gasteiger partial charge in [-0.2, -0.15) is 10.1 Å². The van der Waals surface area contributed by atoms with Crippen LogP contribution in [0.15, 0.2) is 162 Å². The van der Waals surface area contributed by atoms with E-state index < -0.39 is 11.9 Å². The minimum absolute atomic E-state index is 0.0515. The van der Waals surface area contributed by atoms with Crippen LogP contribution in [0.5, 0.6) is 0 Å². The Labute approximate surface area is 287 Å². The second-order valence-corrected chi connectivity index (χ2v) is 12.4. The molecule has 7 nitrogen and oxygen atoms in total. The van der Waals surface area contributed by atoms with Crippen LogP contribution < -0.4 is 0 Å². The molecule has 2 aromatic heterocycles. The Morgan fingerprint density at radius 2 is 1.24 bits per heavy atom. The standard InChI is InChI=1S/C43H30N4O3/c48-42-35(41(43(49)50)44-47(42)31-12-2-1-3-13-31)17-10-11-28-21-26-40-36(27-28)34-16-6-9-20-39(34)46(40)30-24-22-29(23-25-30)45-37-18-7-4-14-32(37)33-15-5-8-19-38(33)45/h2,4-27H,1,3H2,(H,49,50)/b11-10+,35-17-. The van der Waals surface area contributed by atoms with Gasteiger partial charge in [0.1, 0.15) is 0 Å². The van der Waals surface area contributed by atoms with E-state index in [1.54, 1.807) is 12.2 Å². The minimum atomic E-state index is -1.24. The van der Waals surface area contributed by atoms with E-state index in [0.29, 0.717) is 5.70 Å². The fourth-order valence-electron chi connectivity index (χ4n) is 7.23. The van der Waals surface area contributed by atoms with Crippen molar-refractivity contribution in [2.75, 3.05) is 0 Å². The summed E-state index contributed by atoms with van der Waals surface area (Å²) >= 11 is 0. The number of amides is 1. The lowest BCUT2D eigenvalue weighted by atomic mass is 10.1. The van der Waals surface area contributed by atoms with Crippen LogP contribution in [0.4, 0.5) is 0 Å². The molecule has 1 N–H and O–H groups in total. The van der Waals surface area contributed by atoms with Crippen molar-refractivity contribution < 1.29 is 14.7 Å². The number of carbonyl (C=O) groups excluding carboxylic acids is 1. The number of nitrogens with zero attached hydrogens (tertiary/aromatic N) is 4. The number of hydrogen-bond donors (Lipinski definition) is 1. The van der Waals surface area contributed by atoms with Gasteiger partial charge < -0.3 is 14.2 Å². The van der Waals surface area contributed by atoms with Crippen LogP contribution >= 0.6 is 0 Å². The molecule has 50 heavy (non-hydrogen) atoms. The molecule has 240 valence electrons. The summed E-state index contributed by atoms with van der Waals surface area (Å²) in [5, 5.41) is 19.8. The van der Waals surface area contributed by atoms with Crippen LogP contribution in [0.2, 0.25) is 0 Å². The van der Waals surface area contributed by atoms with Gasteiger partial charge >= 0.3 is 5.97 Å². The predicted molar refractivity (Wildman–Crippen MR) is 201 cm³/mol. The van der Waals surface area contributed by atoms with Gasteiger partial charge in [-0.05, 0) is 85.2 Å². The normalized spacial score (nSPS) is 15.7. The van der Waals surface area contributed by atoms with Crippen molar-refractivity contribution in [3.05, 3.63) is 162 Å². The molecule has 0 spiro atoms. The first-order valence-electron chi connectivity index (χ1n) is 16.6. The molecular formula is C43H30N4O3. The predicted octanol–water partition coefficient (Wildman–Crippen LogP) is 9.34. The molecule has 1 aliphatic carbocycles. The summed E-state index contributed by atoms with van der Waals surface area (Å²) in [5.74, 6) is -1.69. The monoisotopic (exact) mass is 650 g/mol. The average Bonchev–Trinajstić information content (AvgIpc) is 3.79. The first-order valence-corrected chi connectivity index (χ1v) is 16.6. The van der Waals surface area contributed by atoms with Crippen molar-refractivity contribution in [2.24, 2.45) is 5.10 Å². The molecule has 0 unspecified atom stereocenters.